The zero-order chi connectivity index (χ0) is 16.8. The van der Waals surface area contributed by atoms with Crippen molar-refractivity contribution in [3.8, 4) is 6.07 Å². The van der Waals surface area contributed by atoms with Gasteiger partial charge in [0.15, 0.2) is 0 Å². The van der Waals surface area contributed by atoms with Crippen LogP contribution in [-0.2, 0) is 0 Å². The van der Waals surface area contributed by atoms with E-state index >= 15 is 0 Å². The van der Waals surface area contributed by atoms with E-state index in [1.54, 1.807) is 31.2 Å². The van der Waals surface area contributed by atoms with E-state index in [1.165, 1.54) is 11.8 Å². The number of hydrogen-bond donors (Lipinski definition) is 1. The summed E-state index contributed by atoms with van der Waals surface area (Å²) in [6.45, 7) is 1.80. The Morgan fingerprint density at radius 1 is 1.30 bits per heavy atom. The first-order valence-electron chi connectivity index (χ1n) is 6.89. The molecule has 0 aliphatic rings. The van der Waals surface area contributed by atoms with Crippen molar-refractivity contribution in [3.05, 3.63) is 59.7 Å². The minimum atomic E-state index is -0.785. The average molecular weight is 332 g/mol. The van der Waals surface area contributed by atoms with Gasteiger partial charge in [-0.25, -0.2) is 8.78 Å². The van der Waals surface area contributed by atoms with Crippen LogP contribution >= 0.6 is 11.8 Å². The van der Waals surface area contributed by atoms with Crippen LogP contribution in [0.15, 0.2) is 47.4 Å². The molecule has 2 aromatic rings. The van der Waals surface area contributed by atoms with Gasteiger partial charge in [0.05, 0.1) is 23.2 Å². The Morgan fingerprint density at radius 3 is 2.78 bits per heavy atom. The Balaban J connectivity index is 2.18. The van der Waals surface area contributed by atoms with E-state index in [0.717, 1.165) is 23.1 Å². The Labute approximate surface area is 137 Å². The zero-order valence-corrected chi connectivity index (χ0v) is 13.2. The van der Waals surface area contributed by atoms with Crippen LogP contribution in [0.1, 0.15) is 17.3 Å². The number of nitrogens with one attached hydrogen (secondary N) is 1. The first-order chi connectivity index (χ1) is 11.0. The van der Waals surface area contributed by atoms with Gasteiger partial charge in [0.2, 0.25) is 0 Å². The summed E-state index contributed by atoms with van der Waals surface area (Å²) in [5.74, 6) is -1.75. The van der Waals surface area contributed by atoms with Gasteiger partial charge in [-0.2, -0.15) is 5.26 Å². The summed E-state index contributed by atoms with van der Waals surface area (Å²) in [7, 11) is 0. The van der Waals surface area contributed by atoms with Crippen LogP contribution in [0.4, 0.5) is 14.5 Å². The molecule has 2 rings (SSSR count). The highest BCUT2D eigenvalue weighted by molar-refractivity contribution is 7.99. The van der Waals surface area contributed by atoms with E-state index in [0.29, 0.717) is 11.4 Å². The van der Waals surface area contributed by atoms with E-state index in [9.17, 15) is 13.6 Å². The van der Waals surface area contributed by atoms with E-state index in [-0.39, 0.29) is 11.5 Å². The zero-order valence-electron chi connectivity index (χ0n) is 12.3. The van der Waals surface area contributed by atoms with Crippen molar-refractivity contribution in [2.75, 3.05) is 11.1 Å². The minimum absolute atomic E-state index is 0.135. The molecule has 0 spiro atoms. The number of para-hydroxylation sites is 1. The summed E-state index contributed by atoms with van der Waals surface area (Å²) in [6, 6.07) is 11.9. The van der Waals surface area contributed by atoms with Crippen molar-refractivity contribution < 1.29 is 13.6 Å². The molecule has 1 atom stereocenters. The van der Waals surface area contributed by atoms with E-state index in [4.69, 9.17) is 5.26 Å². The molecular weight excluding hydrogens is 318 g/mol. The fraction of sp³-hybridized carbons (Fsp3) is 0.176. The third-order valence-corrected chi connectivity index (χ3v) is 4.35. The maximum atomic E-state index is 13.7. The number of halogens is 2. The van der Waals surface area contributed by atoms with Crippen molar-refractivity contribution in [2.24, 2.45) is 5.92 Å². The van der Waals surface area contributed by atoms with Gasteiger partial charge in [0, 0.05) is 10.6 Å². The Bertz CT molecular complexity index is 758. The van der Waals surface area contributed by atoms with Gasteiger partial charge in [0.25, 0.3) is 5.91 Å². The predicted octanol–water partition coefficient (Wildman–Crippen LogP) is 4.47. The van der Waals surface area contributed by atoms with Crippen LogP contribution in [0, 0.1) is 28.9 Å². The number of carbonyl (C=O) groups is 1. The lowest BCUT2D eigenvalue weighted by atomic mass is 10.2. The first kappa shape index (κ1) is 17.0. The number of carbonyl (C=O) groups excluding carboxylic acids is 1. The monoisotopic (exact) mass is 332 g/mol. The van der Waals surface area contributed by atoms with Gasteiger partial charge in [0.1, 0.15) is 11.6 Å². The normalized spacial score (nSPS) is 11.6. The summed E-state index contributed by atoms with van der Waals surface area (Å²) in [5, 5.41) is 11.4. The SMILES string of the molecule is CC(C#N)CSc1ccccc1NC(=O)c1cc(F)ccc1F. The van der Waals surface area contributed by atoms with E-state index in [1.807, 2.05) is 0 Å². The number of rotatable bonds is 5. The molecule has 2 aromatic carbocycles. The summed E-state index contributed by atoms with van der Waals surface area (Å²) in [6.07, 6.45) is 0. The van der Waals surface area contributed by atoms with Gasteiger partial charge in [-0.05, 0) is 37.3 Å². The maximum absolute atomic E-state index is 13.7. The highest BCUT2D eigenvalue weighted by Gasteiger charge is 2.15. The molecule has 0 aliphatic heterocycles. The second kappa shape index (κ2) is 7.75. The predicted molar refractivity (Wildman–Crippen MR) is 86.3 cm³/mol. The molecule has 0 aliphatic carbocycles. The summed E-state index contributed by atoms with van der Waals surface area (Å²) < 4.78 is 26.8. The smallest absolute Gasteiger partial charge is 0.258 e. The van der Waals surface area contributed by atoms with Crippen molar-refractivity contribution in [1.29, 1.82) is 5.26 Å². The molecule has 118 valence electrons. The van der Waals surface area contributed by atoms with Gasteiger partial charge < -0.3 is 5.32 Å². The number of hydrogen-bond acceptors (Lipinski definition) is 3. The molecule has 3 nitrogen and oxygen atoms in total. The van der Waals surface area contributed by atoms with E-state index < -0.39 is 17.5 Å². The number of nitrogens with zero attached hydrogens (tertiary/aromatic N) is 1. The Hall–Kier alpha value is -2.39. The lowest BCUT2D eigenvalue weighted by molar-refractivity contribution is 0.102. The van der Waals surface area contributed by atoms with Gasteiger partial charge >= 0.3 is 0 Å². The highest BCUT2D eigenvalue weighted by Crippen LogP contribution is 2.29. The molecule has 0 radical (unpaired) electrons. The number of amides is 1. The number of thioether (sulfide) groups is 1. The minimum Gasteiger partial charge on any atom is -0.321 e. The second-order valence-corrected chi connectivity index (χ2v) is 5.98. The summed E-state index contributed by atoms with van der Waals surface area (Å²) in [5.41, 5.74) is 0.145. The Kier molecular flexibility index (Phi) is 5.72. The third-order valence-electron chi connectivity index (χ3n) is 3.02. The number of benzene rings is 2. The van der Waals surface area contributed by atoms with Crippen LogP contribution < -0.4 is 5.32 Å². The largest absolute Gasteiger partial charge is 0.321 e. The third kappa shape index (κ3) is 4.54. The number of nitriles is 1. The van der Waals surface area contributed by atoms with Gasteiger partial charge in [-0.1, -0.05) is 12.1 Å². The molecule has 0 saturated heterocycles. The van der Waals surface area contributed by atoms with Crippen molar-refractivity contribution in [3.63, 3.8) is 0 Å². The Morgan fingerprint density at radius 2 is 2.04 bits per heavy atom. The molecular formula is C17H14F2N2OS. The molecule has 0 heterocycles. The molecule has 0 saturated carbocycles. The first-order valence-corrected chi connectivity index (χ1v) is 7.87. The quantitative estimate of drug-likeness (QED) is 0.822. The fourth-order valence-electron chi connectivity index (χ4n) is 1.81. The maximum Gasteiger partial charge on any atom is 0.258 e. The molecule has 23 heavy (non-hydrogen) atoms. The summed E-state index contributed by atoms with van der Waals surface area (Å²) in [4.78, 5) is 12.9. The lowest BCUT2D eigenvalue weighted by Gasteiger charge is -2.11. The average Bonchev–Trinajstić information content (AvgIpc) is 2.55. The topological polar surface area (TPSA) is 52.9 Å². The molecule has 0 fully saturated rings. The molecule has 0 bridgehead atoms. The molecule has 1 N–H and O–H groups in total. The van der Waals surface area contributed by atoms with Crippen molar-refractivity contribution >= 4 is 23.4 Å². The summed E-state index contributed by atoms with van der Waals surface area (Å²) >= 11 is 1.42. The molecule has 6 heteroatoms. The van der Waals surface area contributed by atoms with Crippen molar-refractivity contribution in [2.45, 2.75) is 11.8 Å². The van der Waals surface area contributed by atoms with E-state index in [2.05, 4.69) is 11.4 Å². The number of anilines is 1. The second-order valence-electron chi connectivity index (χ2n) is 4.92. The molecule has 1 unspecified atom stereocenters. The highest BCUT2D eigenvalue weighted by atomic mass is 32.2. The van der Waals surface area contributed by atoms with Gasteiger partial charge in [-0.3, -0.25) is 4.79 Å². The van der Waals surface area contributed by atoms with Crippen LogP contribution in [0.5, 0.6) is 0 Å². The standard InChI is InChI=1S/C17H14F2N2OS/c1-11(9-20)10-23-16-5-3-2-4-15(16)21-17(22)13-8-12(18)6-7-14(13)19/h2-8,11H,10H2,1H3,(H,21,22). The fourth-order valence-corrected chi connectivity index (χ4v) is 2.76. The lowest BCUT2D eigenvalue weighted by Crippen LogP contribution is -2.14. The molecule has 1 amide bonds. The molecule has 0 aromatic heterocycles. The van der Waals surface area contributed by atoms with Gasteiger partial charge in [-0.15, -0.1) is 11.8 Å². The van der Waals surface area contributed by atoms with Crippen molar-refractivity contribution in [1.82, 2.24) is 0 Å². The van der Waals surface area contributed by atoms with Crippen LogP contribution in [0.2, 0.25) is 0 Å². The van der Waals surface area contributed by atoms with Crippen LogP contribution in [0.25, 0.3) is 0 Å². The van der Waals surface area contributed by atoms with Crippen LogP contribution in [0.3, 0.4) is 0 Å². The van der Waals surface area contributed by atoms with Crippen LogP contribution in [-0.4, -0.2) is 11.7 Å².